The predicted molar refractivity (Wildman–Crippen MR) is 24.2 cm³/mol. The third kappa shape index (κ3) is 41.9. The number of carbonyl (C=O) groups excluding carboxylic acids is 2. The van der Waals surface area contributed by atoms with Crippen LogP contribution in [0.1, 0.15) is 0 Å². The van der Waals surface area contributed by atoms with E-state index in [-0.39, 0.29) is 80.9 Å². The molecule has 0 fully saturated rings. The molecule has 0 aliphatic carbocycles. The molecule has 0 unspecified atom stereocenters. The minimum atomic E-state index is -1.44. The van der Waals surface area contributed by atoms with E-state index in [0.29, 0.717) is 0 Å². The van der Waals surface area contributed by atoms with Gasteiger partial charge in [0.05, 0.1) is 25.2 Å². The molecule has 0 aliphatic rings. The number of aliphatic carboxylic acids is 2. The summed E-state index contributed by atoms with van der Waals surface area (Å²) >= 11 is 0. The molecule has 2 N–H and O–H groups in total. The molecule has 0 heterocycles. The van der Waals surface area contributed by atoms with E-state index in [0.717, 1.165) is 0 Å². The van der Waals surface area contributed by atoms with Gasteiger partial charge in [-0.3, -0.25) is 0 Å². The molecule has 0 saturated heterocycles. The van der Waals surface area contributed by atoms with Gasteiger partial charge in [0, 0.05) is 0 Å². The quantitative estimate of drug-likeness (QED) is 0.438. The zero-order valence-electron chi connectivity index (χ0n) is 6.94. The molecule has 0 spiro atoms. The van der Waals surface area contributed by atoms with E-state index in [1.807, 2.05) is 0 Å². The second kappa shape index (κ2) is 18.3. The maximum atomic E-state index is 9.01. The molecule has 0 aromatic carbocycles. The summed E-state index contributed by atoms with van der Waals surface area (Å²) in [5.41, 5.74) is 0. The van der Waals surface area contributed by atoms with Gasteiger partial charge in [-0.25, -0.2) is 0 Å². The van der Waals surface area contributed by atoms with Crippen molar-refractivity contribution in [3.63, 3.8) is 0 Å². The summed E-state index contributed by atoms with van der Waals surface area (Å²) in [6.45, 7) is -1.78. The average Bonchev–Trinajstić information content (AvgIpc) is 1.89. The van der Waals surface area contributed by atoms with Gasteiger partial charge in [0.1, 0.15) is 0 Å². The Bertz CT molecular complexity index is 104. The number of hydrogen-bond donors (Lipinski definition) is 2. The molecular formula is C4H6KNaO6. The summed E-state index contributed by atoms with van der Waals surface area (Å²) < 4.78 is 0. The molecule has 0 atom stereocenters. The molecule has 0 amide bonds. The topological polar surface area (TPSA) is 121 Å². The van der Waals surface area contributed by atoms with E-state index in [1.165, 1.54) is 0 Å². The molecule has 60 valence electrons. The summed E-state index contributed by atoms with van der Waals surface area (Å²) in [5.74, 6) is -2.88. The van der Waals surface area contributed by atoms with E-state index < -0.39 is 25.2 Å². The van der Waals surface area contributed by atoms with Crippen LogP contribution in [-0.4, -0.2) is 35.4 Å². The van der Waals surface area contributed by atoms with Gasteiger partial charge in [-0.1, -0.05) is 0 Å². The maximum Gasteiger partial charge on any atom is 1.00 e. The van der Waals surface area contributed by atoms with Crippen molar-refractivity contribution in [1.82, 2.24) is 0 Å². The fraction of sp³-hybridized carbons (Fsp3) is 0.500. The minimum absolute atomic E-state index is 0. The van der Waals surface area contributed by atoms with Crippen molar-refractivity contribution in [1.29, 1.82) is 0 Å². The van der Waals surface area contributed by atoms with Crippen LogP contribution in [0, 0.1) is 0 Å². The van der Waals surface area contributed by atoms with Gasteiger partial charge in [-0.15, -0.1) is 0 Å². The summed E-state index contributed by atoms with van der Waals surface area (Å²) in [6.07, 6.45) is 0. The molecule has 6 nitrogen and oxygen atoms in total. The summed E-state index contributed by atoms with van der Waals surface area (Å²) in [7, 11) is 0. The van der Waals surface area contributed by atoms with Crippen LogP contribution in [0.4, 0.5) is 0 Å². The molecule has 0 rings (SSSR count). The van der Waals surface area contributed by atoms with E-state index >= 15 is 0 Å². The third-order valence-electron chi connectivity index (χ3n) is 0.258. The first-order valence-corrected chi connectivity index (χ1v) is 2.16. The predicted octanol–water partition coefficient (Wildman–Crippen LogP) is -10.5. The number of carboxylic acid groups (broad SMARTS) is 2. The summed E-state index contributed by atoms with van der Waals surface area (Å²) in [6, 6.07) is 0. The molecule has 0 aromatic rings. The molecule has 0 aromatic heterocycles. The van der Waals surface area contributed by atoms with Crippen LogP contribution in [0.2, 0.25) is 0 Å². The van der Waals surface area contributed by atoms with Gasteiger partial charge < -0.3 is 30.0 Å². The van der Waals surface area contributed by atoms with Crippen LogP contribution in [-0.2, 0) is 9.59 Å². The Labute approximate surface area is 134 Å². The van der Waals surface area contributed by atoms with Gasteiger partial charge in [-0.2, -0.15) is 0 Å². The monoisotopic (exact) mass is 212 g/mol. The molecule has 12 heavy (non-hydrogen) atoms. The number of carbonyl (C=O) groups is 2. The van der Waals surface area contributed by atoms with Crippen molar-refractivity contribution in [2.75, 3.05) is 13.2 Å². The zero-order chi connectivity index (χ0) is 8.57. The molecule has 0 saturated carbocycles. The van der Waals surface area contributed by atoms with Crippen LogP contribution in [0.3, 0.4) is 0 Å². The molecule has 0 radical (unpaired) electrons. The van der Waals surface area contributed by atoms with Crippen LogP contribution in [0.25, 0.3) is 0 Å². The largest absolute Gasteiger partial charge is 1.00 e. The van der Waals surface area contributed by atoms with Gasteiger partial charge in [0.25, 0.3) is 0 Å². The Hall–Kier alpha value is 1.50. The van der Waals surface area contributed by atoms with Crippen LogP contribution < -0.4 is 91.2 Å². The number of carboxylic acids is 2. The Balaban J connectivity index is -0.0000000457. The Morgan fingerprint density at radius 1 is 1.00 bits per heavy atom. The van der Waals surface area contributed by atoms with Crippen molar-refractivity contribution in [2.24, 2.45) is 0 Å². The number of aliphatic hydroxyl groups excluding tert-OH is 2. The Morgan fingerprint density at radius 2 is 1.08 bits per heavy atom. The second-order valence-corrected chi connectivity index (χ2v) is 1.06. The number of rotatable bonds is 2. The van der Waals surface area contributed by atoms with Crippen molar-refractivity contribution in [2.45, 2.75) is 0 Å². The first kappa shape index (κ1) is 23.4. The second-order valence-electron chi connectivity index (χ2n) is 1.06. The minimum Gasteiger partial charge on any atom is -0.548 e. The fourth-order valence-corrected chi connectivity index (χ4v) is 0. The van der Waals surface area contributed by atoms with Crippen molar-refractivity contribution < 1.29 is 111 Å². The van der Waals surface area contributed by atoms with Crippen LogP contribution >= 0.6 is 0 Å². The third-order valence-corrected chi connectivity index (χ3v) is 0.258. The SMILES string of the molecule is O=C([O-])CO.O=C([O-])CO.[K+].[Na+]. The number of aliphatic hydroxyl groups is 2. The smallest absolute Gasteiger partial charge is 0.548 e. The fourth-order valence-electron chi connectivity index (χ4n) is 0. The first-order chi connectivity index (χ1) is 4.54. The standard InChI is InChI=1S/2C2H4O3.K.Na/c2*3-1-2(4)5;;/h2*3H,1H2,(H,4,5);;/q;;2*+1/p-2. The maximum absolute atomic E-state index is 9.01. The summed E-state index contributed by atoms with van der Waals surface area (Å²) in [5, 5.41) is 33.0. The van der Waals surface area contributed by atoms with Crippen LogP contribution in [0.5, 0.6) is 0 Å². The van der Waals surface area contributed by atoms with Gasteiger partial charge in [0.15, 0.2) is 0 Å². The van der Waals surface area contributed by atoms with Crippen molar-refractivity contribution in [3.05, 3.63) is 0 Å². The number of hydrogen-bond acceptors (Lipinski definition) is 6. The molecular weight excluding hydrogens is 206 g/mol. The van der Waals surface area contributed by atoms with Gasteiger partial charge >= 0.3 is 80.9 Å². The Morgan fingerprint density at radius 3 is 1.08 bits per heavy atom. The van der Waals surface area contributed by atoms with Crippen LogP contribution in [0.15, 0.2) is 0 Å². The Kier molecular flexibility index (Phi) is 35.7. The molecule has 8 heteroatoms. The first-order valence-electron chi connectivity index (χ1n) is 2.16. The van der Waals surface area contributed by atoms with Gasteiger partial charge in [-0.05, 0) is 0 Å². The van der Waals surface area contributed by atoms with Gasteiger partial charge in [0.2, 0.25) is 0 Å². The van der Waals surface area contributed by atoms with Crippen molar-refractivity contribution >= 4 is 11.9 Å². The van der Waals surface area contributed by atoms with E-state index in [4.69, 9.17) is 30.0 Å². The molecule has 0 aliphatic heterocycles. The average molecular weight is 212 g/mol. The normalized spacial score (nSPS) is 6.17. The molecule has 0 bridgehead atoms. The zero-order valence-corrected chi connectivity index (χ0v) is 12.1. The van der Waals surface area contributed by atoms with E-state index in [1.54, 1.807) is 0 Å². The van der Waals surface area contributed by atoms with Crippen molar-refractivity contribution in [3.8, 4) is 0 Å². The van der Waals surface area contributed by atoms with E-state index in [9.17, 15) is 0 Å². The summed E-state index contributed by atoms with van der Waals surface area (Å²) in [4.78, 5) is 18.0. The van der Waals surface area contributed by atoms with E-state index in [2.05, 4.69) is 0 Å².